The second-order valence-electron chi connectivity index (χ2n) is 3.75. The Kier molecular flexibility index (Phi) is 7.42. The smallest absolute Gasteiger partial charge is 0.233 e. The Hall–Kier alpha value is -0.610. The fraction of sp³-hybridized carbons (Fsp3) is 0.900. The molecule has 0 aromatic heterocycles. The van der Waals surface area contributed by atoms with Crippen molar-refractivity contribution in [3.63, 3.8) is 0 Å². The van der Waals surface area contributed by atoms with Crippen molar-refractivity contribution in [3.05, 3.63) is 0 Å². The molecule has 1 amide bonds. The number of hydrogen-bond acceptors (Lipinski definition) is 3. The van der Waals surface area contributed by atoms with Crippen LogP contribution in [0.15, 0.2) is 0 Å². The minimum atomic E-state index is 0.0719. The van der Waals surface area contributed by atoms with Gasteiger partial charge in [0, 0.05) is 13.6 Å². The second-order valence-corrected chi connectivity index (χ2v) is 3.75. The maximum Gasteiger partial charge on any atom is 0.233 e. The summed E-state index contributed by atoms with van der Waals surface area (Å²) >= 11 is 0. The highest BCUT2D eigenvalue weighted by Crippen LogP contribution is 1.99. The first-order chi connectivity index (χ1) is 6.63. The largest absolute Gasteiger partial charge is 0.358 e. The number of nitrogens with two attached hydrogens (primary N) is 1. The van der Waals surface area contributed by atoms with E-state index in [1.54, 1.807) is 7.05 Å². The highest BCUT2D eigenvalue weighted by molar-refractivity contribution is 5.77. The van der Waals surface area contributed by atoms with E-state index in [1.165, 1.54) is 0 Å². The number of rotatable bonds is 7. The van der Waals surface area contributed by atoms with E-state index in [2.05, 4.69) is 24.1 Å². The Labute approximate surface area is 86.8 Å². The van der Waals surface area contributed by atoms with Crippen LogP contribution in [0, 0.1) is 5.92 Å². The van der Waals surface area contributed by atoms with E-state index >= 15 is 0 Å². The third kappa shape index (κ3) is 5.94. The first kappa shape index (κ1) is 13.4. The normalized spacial score (nSPS) is 12.9. The first-order valence-electron chi connectivity index (χ1n) is 5.27. The van der Waals surface area contributed by atoms with Crippen molar-refractivity contribution in [2.24, 2.45) is 11.7 Å². The Morgan fingerprint density at radius 1 is 1.57 bits per heavy atom. The lowest BCUT2D eigenvalue weighted by atomic mass is 10.1. The molecule has 84 valence electrons. The fourth-order valence-corrected chi connectivity index (χ4v) is 1.35. The minimum Gasteiger partial charge on any atom is -0.358 e. The highest BCUT2D eigenvalue weighted by atomic mass is 16.1. The van der Waals surface area contributed by atoms with E-state index in [1.807, 2.05) is 0 Å². The van der Waals surface area contributed by atoms with Crippen LogP contribution < -0.4 is 11.1 Å². The molecule has 0 aromatic carbocycles. The third-order valence-electron chi connectivity index (χ3n) is 2.16. The molecule has 1 unspecified atom stereocenters. The average molecular weight is 201 g/mol. The molecule has 0 saturated carbocycles. The number of hydrogen-bond donors (Lipinski definition) is 2. The van der Waals surface area contributed by atoms with Crippen LogP contribution in [0.25, 0.3) is 0 Å². The van der Waals surface area contributed by atoms with Crippen LogP contribution in [-0.2, 0) is 4.79 Å². The van der Waals surface area contributed by atoms with Gasteiger partial charge >= 0.3 is 0 Å². The molecule has 0 saturated heterocycles. The zero-order valence-corrected chi connectivity index (χ0v) is 9.55. The third-order valence-corrected chi connectivity index (χ3v) is 2.16. The molecule has 0 aromatic rings. The first-order valence-corrected chi connectivity index (χ1v) is 5.27. The monoisotopic (exact) mass is 201 g/mol. The van der Waals surface area contributed by atoms with Gasteiger partial charge in [0.1, 0.15) is 0 Å². The number of likely N-dealkylation sites (N-methyl/N-ethyl adjacent to an activating group) is 1. The molecule has 3 N–H and O–H groups in total. The van der Waals surface area contributed by atoms with E-state index in [0.29, 0.717) is 19.0 Å². The SMILES string of the molecule is CCCN(CC(=O)NC)CC(C)CN. The van der Waals surface area contributed by atoms with Gasteiger partial charge in [0.15, 0.2) is 0 Å². The molecule has 0 spiro atoms. The Morgan fingerprint density at radius 3 is 2.64 bits per heavy atom. The van der Waals surface area contributed by atoms with Gasteiger partial charge in [-0.05, 0) is 25.4 Å². The quantitative estimate of drug-likeness (QED) is 0.611. The zero-order valence-electron chi connectivity index (χ0n) is 9.55. The van der Waals surface area contributed by atoms with Crippen LogP contribution in [0.5, 0.6) is 0 Å². The molecule has 0 aliphatic carbocycles. The maximum absolute atomic E-state index is 11.2. The summed E-state index contributed by atoms with van der Waals surface area (Å²) in [5.41, 5.74) is 5.55. The molecule has 0 aliphatic rings. The number of amides is 1. The highest BCUT2D eigenvalue weighted by Gasteiger charge is 2.11. The van der Waals surface area contributed by atoms with Gasteiger partial charge in [0.2, 0.25) is 5.91 Å². The lowest BCUT2D eigenvalue weighted by Gasteiger charge is -2.23. The van der Waals surface area contributed by atoms with Gasteiger partial charge in [-0.3, -0.25) is 9.69 Å². The maximum atomic E-state index is 11.2. The standard InChI is InChI=1S/C10H23N3O/c1-4-5-13(7-9(2)6-11)8-10(14)12-3/h9H,4-8,11H2,1-3H3,(H,12,14). The van der Waals surface area contributed by atoms with E-state index < -0.39 is 0 Å². The van der Waals surface area contributed by atoms with E-state index in [9.17, 15) is 4.79 Å². The zero-order chi connectivity index (χ0) is 11.0. The summed E-state index contributed by atoms with van der Waals surface area (Å²) < 4.78 is 0. The lowest BCUT2D eigenvalue weighted by molar-refractivity contribution is -0.121. The summed E-state index contributed by atoms with van der Waals surface area (Å²) in [6.45, 7) is 7.23. The van der Waals surface area contributed by atoms with Crippen LogP contribution in [-0.4, -0.2) is 44.0 Å². The van der Waals surface area contributed by atoms with Gasteiger partial charge in [0.25, 0.3) is 0 Å². The molecule has 14 heavy (non-hydrogen) atoms. The summed E-state index contributed by atoms with van der Waals surface area (Å²) in [5.74, 6) is 0.522. The Morgan fingerprint density at radius 2 is 2.21 bits per heavy atom. The van der Waals surface area contributed by atoms with Gasteiger partial charge in [-0.25, -0.2) is 0 Å². The van der Waals surface area contributed by atoms with Gasteiger partial charge in [0.05, 0.1) is 6.54 Å². The Bertz CT molecular complexity index is 161. The molecular weight excluding hydrogens is 178 g/mol. The van der Waals surface area contributed by atoms with Crippen molar-refractivity contribution >= 4 is 5.91 Å². The molecule has 0 aliphatic heterocycles. The van der Waals surface area contributed by atoms with Crippen LogP contribution in [0.4, 0.5) is 0 Å². The Balaban J connectivity index is 3.94. The molecule has 0 rings (SSSR count). The summed E-state index contributed by atoms with van der Waals surface area (Å²) in [6, 6.07) is 0. The van der Waals surface area contributed by atoms with Crippen molar-refractivity contribution < 1.29 is 4.79 Å². The number of carbonyl (C=O) groups excluding carboxylic acids is 1. The van der Waals surface area contributed by atoms with E-state index in [0.717, 1.165) is 19.5 Å². The van der Waals surface area contributed by atoms with Gasteiger partial charge in [-0.15, -0.1) is 0 Å². The van der Waals surface area contributed by atoms with Crippen molar-refractivity contribution in [3.8, 4) is 0 Å². The van der Waals surface area contributed by atoms with E-state index in [4.69, 9.17) is 5.73 Å². The summed E-state index contributed by atoms with van der Waals surface area (Å²) in [7, 11) is 1.67. The molecule has 4 nitrogen and oxygen atoms in total. The molecule has 4 heteroatoms. The lowest BCUT2D eigenvalue weighted by Crippen LogP contribution is -2.39. The van der Waals surface area contributed by atoms with Gasteiger partial charge in [-0.1, -0.05) is 13.8 Å². The molecule has 0 radical (unpaired) electrons. The molecule has 0 heterocycles. The minimum absolute atomic E-state index is 0.0719. The van der Waals surface area contributed by atoms with Gasteiger partial charge in [-0.2, -0.15) is 0 Å². The molecular formula is C10H23N3O. The molecule has 0 fully saturated rings. The summed E-state index contributed by atoms with van der Waals surface area (Å²) in [4.78, 5) is 13.3. The van der Waals surface area contributed by atoms with Crippen LogP contribution in [0.2, 0.25) is 0 Å². The number of carbonyl (C=O) groups is 1. The summed E-state index contributed by atoms with van der Waals surface area (Å²) in [5, 5.41) is 2.63. The molecule has 0 bridgehead atoms. The van der Waals surface area contributed by atoms with Crippen molar-refractivity contribution in [1.29, 1.82) is 0 Å². The predicted molar refractivity (Wildman–Crippen MR) is 59.0 cm³/mol. The average Bonchev–Trinajstić information content (AvgIpc) is 2.17. The summed E-state index contributed by atoms with van der Waals surface area (Å²) in [6.07, 6.45) is 1.06. The fourth-order valence-electron chi connectivity index (χ4n) is 1.35. The topological polar surface area (TPSA) is 58.4 Å². The van der Waals surface area contributed by atoms with E-state index in [-0.39, 0.29) is 5.91 Å². The van der Waals surface area contributed by atoms with Gasteiger partial charge < -0.3 is 11.1 Å². The number of nitrogens with zero attached hydrogens (tertiary/aromatic N) is 1. The van der Waals surface area contributed by atoms with Crippen molar-refractivity contribution in [2.45, 2.75) is 20.3 Å². The van der Waals surface area contributed by atoms with Crippen molar-refractivity contribution in [1.82, 2.24) is 10.2 Å². The van der Waals surface area contributed by atoms with Crippen LogP contribution in [0.3, 0.4) is 0 Å². The second kappa shape index (κ2) is 7.76. The van der Waals surface area contributed by atoms with Crippen LogP contribution in [0.1, 0.15) is 20.3 Å². The predicted octanol–water partition coefficient (Wildman–Crippen LogP) is 0.0392. The number of nitrogens with one attached hydrogen (secondary N) is 1. The van der Waals surface area contributed by atoms with Crippen LogP contribution >= 0.6 is 0 Å². The van der Waals surface area contributed by atoms with Crippen molar-refractivity contribution in [2.75, 3.05) is 33.2 Å². The molecule has 1 atom stereocenters.